The molecule has 0 aliphatic carbocycles. The van der Waals surface area contributed by atoms with Gasteiger partial charge in [-0.2, -0.15) is 0 Å². The molecular formula is C28H32Cl2N2O6. The van der Waals surface area contributed by atoms with Crippen molar-refractivity contribution in [2.24, 2.45) is 0 Å². The molecule has 2 bridgehead atoms. The van der Waals surface area contributed by atoms with Gasteiger partial charge in [0.25, 0.3) is 0 Å². The van der Waals surface area contributed by atoms with Gasteiger partial charge in [-0.25, -0.2) is 14.6 Å². The number of aromatic nitrogens is 1. The molecule has 2 aliphatic rings. The summed E-state index contributed by atoms with van der Waals surface area (Å²) in [5.41, 5.74) is 2.41. The zero-order valence-electron chi connectivity index (χ0n) is 22.2. The largest absolute Gasteiger partial charge is 0.487 e. The molecule has 0 spiro atoms. The van der Waals surface area contributed by atoms with Crippen LogP contribution in [0.4, 0.5) is 4.79 Å². The van der Waals surface area contributed by atoms with E-state index in [4.69, 9.17) is 42.1 Å². The molecule has 2 atom stereocenters. The molecule has 38 heavy (non-hydrogen) atoms. The topological polar surface area (TPSA) is 87.2 Å². The Morgan fingerprint density at radius 1 is 1.08 bits per heavy atom. The molecule has 8 nitrogen and oxygen atoms in total. The fourth-order valence-corrected chi connectivity index (χ4v) is 5.61. The first-order chi connectivity index (χ1) is 18.0. The number of aryl methyl sites for hydroxylation is 1. The normalized spacial score (nSPS) is 18.9. The molecule has 2 unspecified atom stereocenters. The number of amides is 1. The molecule has 0 N–H and O–H groups in total. The smallest absolute Gasteiger partial charge is 0.411 e. The number of esters is 1. The van der Waals surface area contributed by atoms with E-state index in [0.717, 1.165) is 23.1 Å². The van der Waals surface area contributed by atoms with Crippen molar-refractivity contribution in [2.45, 2.75) is 64.6 Å². The van der Waals surface area contributed by atoms with Crippen LogP contribution in [0.2, 0.25) is 10.0 Å². The highest BCUT2D eigenvalue weighted by atomic mass is 35.5. The number of carbonyl (C=O) groups excluding carboxylic acids is 2. The Hall–Kier alpha value is -2.97. The SMILES string of the molecule is COC(=O)C1=C(c2ccc(OCCOc3c(Cl)cc(C)cc3Cl)nc2)CC2CCC1N2C(=O)OC(C)(C)C. The molecule has 3 heterocycles. The molecular weight excluding hydrogens is 531 g/mol. The Labute approximate surface area is 232 Å². The second-order valence-electron chi connectivity index (χ2n) is 10.4. The highest BCUT2D eigenvalue weighted by Crippen LogP contribution is 2.44. The van der Waals surface area contributed by atoms with Gasteiger partial charge in [0.2, 0.25) is 5.88 Å². The molecule has 0 saturated carbocycles. The number of halogens is 2. The lowest BCUT2D eigenvalue weighted by atomic mass is 9.89. The number of nitrogens with zero attached hydrogens (tertiary/aromatic N) is 2. The second kappa shape index (κ2) is 11.4. The zero-order chi connectivity index (χ0) is 27.6. The van der Waals surface area contributed by atoms with Crippen LogP contribution in [0, 0.1) is 6.92 Å². The quantitative estimate of drug-likeness (QED) is 0.291. The Bertz CT molecular complexity index is 1220. The third-order valence-corrected chi connectivity index (χ3v) is 6.98. The number of carbonyl (C=O) groups is 2. The number of benzene rings is 1. The summed E-state index contributed by atoms with van der Waals surface area (Å²) < 4.78 is 22.2. The minimum Gasteiger partial charge on any atom is -0.487 e. The number of hydrogen-bond donors (Lipinski definition) is 0. The number of pyridine rings is 1. The van der Waals surface area contributed by atoms with Gasteiger partial charge in [-0.3, -0.25) is 4.90 Å². The van der Waals surface area contributed by atoms with Crippen LogP contribution in [0.3, 0.4) is 0 Å². The first-order valence-electron chi connectivity index (χ1n) is 12.5. The van der Waals surface area contributed by atoms with Crippen LogP contribution >= 0.6 is 23.2 Å². The maximum atomic E-state index is 13.0. The van der Waals surface area contributed by atoms with Gasteiger partial charge in [0.15, 0.2) is 5.75 Å². The Balaban J connectivity index is 1.46. The average Bonchev–Trinajstić information content (AvgIpc) is 3.15. The molecule has 10 heteroatoms. The maximum absolute atomic E-state index is 13.0. The Kier molecular flexibility index (Phi) is 8.43. The van der Waals surface area contributed by atoms with Crippen molar-refractivity contribution in [3.63, 3.8) is 0 Å². The van der Waals surface area contributed by atoms with Crippen molar-refractivity contribution in [2.75, 3.05) is 20.3 Å². The maximum Gasteiger partial charge on any atom is 0.411 e. The first-order valence-corrected chi connectivity index (χ1v) is 13.2. The summed E-state index contributed by atoms with van der Waals surface area (Å²) >= 11 is 12.4. The molecule has 4 rings (SSSR count). The van der Waals surface area contributed by atoms with Gasteiger partial charge in [0.05, 0.1) is 28.8 Å². The minimum absolute atomic E-state index is 0.0632. The van der Waals surface area contributed by atoms with Gasteiger partial charge in [-0.15, -0.1) is 0 Å². The number of rotatable bonds is 7. The van der Waals surface area contributed by atoms with E-state index in [-0.39, 0.29) is 19.3 Å². The van der Waals surface area contributed by atoms with Gasteiger partial charge in [0, 0.05) is 18.3 Å². The van der Waals surface area contributed by atoms with Crippen LogP contribution < -0.4 is 9.47 Å². The van der Waals surface area contributed by atoms with Crippen LogP contribution in [0.15, 0.2) is 36.0 Å². The van der Waals surface area contributed by atoms with E-state index < -0.39 is 23.7 Å². The lowest BCUT2D eigenvalue weighted by Crippen LogP contribution is -2.48. The highest BCUT2D eigenvalue weighted by Gasteiger charge is 2.48. The summed E-state index contributed by atoms with van der Waals surface area (Å²) in [6, 6.07) is 6.70. The lowest BCUT2D eigenvalue weighted by molar-refractivity contribution is -0.136. The predicted molar refractivity (Wildman–Crippen MR) is 145 cm³/mol. The van der Waals surface area contributed by atoms with Crippen molar-refractivity contribution in [1.82, 2.24) is 9.88 Å². The summed E-state index contributed by atoms with van der Waals surface area (Å²) in [5.74, 6) is 0.373. The number of ether oxygens (including phenoxy) is 4. The van der Waals surface area contributed by atoms with Gasteiger partial charge >= 0.3 is 12.1 Å². The molecule has 2 aliphatic heterocycles. The van der Waals surface area contributed by atoms with Crippen molar-refractivity contribution >= 4 is 40.8 Å². The predicted octanol–water partition coefficient (Wildman–Crippen LogP) is 6.25. The van der Waals surface area contributed by atoms with Crippen LogP contribution in [0.1, 0.15) is 51.2 Å². The lowest BCUT2D eigenvalue weighted by Gasteiger charge is -2.37. The standard InChI is InChI=1S/C28H32Cl2N2O6/c1-16-12-20(29)25(21(30)13-16)37-11-10-36-23-9-6-17(15-31-23)19-14-18-7-8-22(24(19)26(33)35-5)32(18)27(34)38-28(2,3)4/h6,9,12-13,15,18,22H,7-8,10-11,14H2,1-5H3. The van der Waals surface area contributed by atoms with E-state index in [1.54, 1.807) is 29.3 Å². The minimum atomic E-state index is -0.630. The third-order valence-electron chi connectivity index (χ3n) is 6.42. The van der Waals surface area contributed by atoms with Crippen molar-refractivity contribution < 1.29 is 28.5 Å². The zero-order valence-corrected chi connectivity index (χ0v) is 23.7. The van der Waals surface area contributed by atoms with E-state index in [9.17, 15) is 9.59 Å². The second-order valence-corrected chi connectivity index (χ2v) is 11.2. The number of hydrogen-bond acceptors (Lipinski definition) is 7. The molecule has 1 aromatic carbocycles. The van der Waals surface area contributed by atoms with Crippen molar-refractivity contribution in [3.8, 4) is 11.6 Å². The van der Waals surface area contributed by atoms with Crippen LogP contribution in [-0.2, 0) is 14.3 Å². The van der Waals surface area contributed by atoms with Crippen molar-refractivity contribution in [3.05, 3.63) is 57.2 Å². The van der Waals surface area contributed by atoms with Gasteiger partial charge < -0.3 is 18.9 Å². The fraction of sp³-hybridized carbons (Fsp3) is 0.464. The number of fused-ring (bicyclic) bond motifs is 2. The van der Waals surface area contributed by atoms with Crippen LogP contribution in [0.5, 0.6) is 11.6 Å². The summed E-state index contributed by atoms with van der Waals surface area (Å²) in [6.07, 6.45) is 3.21. The summed E-state index contributed by atoms with van der Waals surface area (Å²) in [6.45, 7) is 7.85. The Morgan fingerprint density at radius 2 is 1.76 bits per heavy atom. The Morgan fingerprint density at radius 3 is 2.37 bits per heavy atom. The average molecular weight is 563 g/mol. The van der Waals surface area contributed by atoms with E-state index >= 15 is 0 Å². The van der Waals surface area contributed by atoms with E-state index in [1.807, 2.05) is 33.8 Å². The van der Waals surface area contributed by atoms with E-state index in [2.05, 4.69) is 4.98 Å². The van der Waals surface area contributed by atoms with E-state index in [0.29, 0.717) is 40.1 Å². The van der Waals surface area contributed by atoms with Crippen molar-refractivity contribution in [1.29, 1.82) is 0 Å². The summed E-state index contributed by atoms with van der Waals surface area (Å²) in [7, 11) is 1.35. The molecule has 1 saturated heterocycles. The summed E-state index contributed by atoms with van der Waals surface area (Å²) in [4.78, 5) is 32.0. The molecule has 1 amide bonds. The summed E-state index contributed by atoms with van der Waals surface area (Å²) in [5, 5.41) is 0.887. The first kappa shape index (κ1) is 28.0. The number of methoxy groups -OCH3 is 1. The molecule has 204 valence electrons. The molecule has 1 fully saturated rings. The van der Waals surface area contributed by atoms with Crippen LogP contribution in [0.25, 0.3) is 5.57 Å². The molecule has 1 aromatic heterocycles. The van der Waals surface area contributed by atoms with E-state index in [1.165, 1.54) is 7.11 Å². The molecule has 0 radical (unpaired) electrons. The molecule has 2 aromatic rings. The van der Waals surface area contributed by atoms with Gasteiger partial charge in [-0.05, 0) is 81.9 Å². The fourth-order valence-electron chi connectivity index (χ4n) is 4.91. The van der Waals surface area contributed by atoms with Crippen LogP contribution in [-0.4, -0.2) is 60.0 Å². The highest BCUT2D eigenvalue weighted by molar-refractivity contribution is 6.37. The monoisotopic (exact) mass is 562 g/mol. The third kappa shape index (κ3) is 6.18. The van der Waals surface area contributed by atoms with Gasteiger partial charge in [0.1, 0.15) is 18.8 Å². The van der Waals surface area contributed by atoms with Gasteiger partial charge in [-0.1, -0.05) is 23.2 Å².